The third-order valence-electron chi connectivity index (χ3n) is 2.27. The summed E-state index contributed by atoms with van der Waals surface area (Å²) in [5.74, 6) is 0. The molecule has 0 amide bonds. The lowest BCUT2D eigenvalue weighted by molar-refractivity contribution is -0.00380. The van der Waals surface area contributed by atoms with Crippen molar-refractivity contribution in [2.45, 2.75) is 0 Å². The molecule has 0 aliphatic carbocycles. The SMILES string of the molecule is COCCOCCOCCOCCOC.c1ccccc1. The summed E-state index contributed by atoms with van der Waals surface area (Å²) in [6.45, 7) is 4.87. The maximum Gasteiger partial charge on any atom is 0.0701 e. The smallest absolute Gasteiger partial charge is 0.0701 e. The van der Waals surface area contributed by atoms with Crippen molar-refractivity contribution >= 4 is 0 Å². The van der Waals surface area contributed by atoms with Crippen LogP contribution in [0.25, 0.3) is 0 Å². The molecule has 1 aromatic carbocycles. The Hall–Kier alpha value is -0.980. The van der Waals surface area contributed by atoms with Crippen molar-refractivity contribution < 1.29 is 23.7 Å². The van der Waals surface area contributed by atoms with Gasteiger partial charge in [0.25, 0.3) is 0 Å². The third-order valence-corrected chi connectivity index (χ3v) is 2.27. The van der Waals surface area contributed by atoms with Crippen LogP contribution in [0.1, 0.15) is 0 Å². The Balaban J connectivity index is 0.000000547. The Morgan fingerprint density at radius 1 is 0.429 bits per heavy atom. The summed E-state index contributed by atoms with van der Waals surface area (Å²) in [6.07, 6.45) is 0. The summed E-state index contributed by atoms with van der Waals surface area (Å²) in [5.41, 5.74) is 0. The molecule has 0 saturated heterocycles. The first-order valence-corrected chi connectivity index (χ1v) is 7.13. The molecule has 0 radical (unpaired) electrons. The quantitative estimate of drug-likeness (QED) is 0.553. The van der Waals surface area contributed by atoms with E-state index in [-0.39, 0.29) is 0 Å². The van der Waals surface area contributed by atoms with Gasteiger partial charge in [-0.3, -0.25) is 0 Å². The number of hydrogen-bond acceptors (Lipinski definition) is 5. The average Bonchev–Trinajstić information content (AvgIpc) is 2.55. The summed E-state index contributed by atoms with van der Waals surface area (Å²) in [5, 5.41) is 0. The van der Waals surface area contributed by atoms with E-state index in [1.54, 1.807) is 14.2 Å². The fourth-order valence-corrected chi connectivity index (χ4v) is 1.21. The molecule has 0 unspecified atom stereocenters. The van der Waals surface area contributed by atoms with Crippen molar-refractivity contribution in [3.63, 3.8) is 0 Å². The molecule has 5 nitrogen and oxygen atoms in total. The van der Waals surface area contributed by atoms with Gasteiger partial charge >= 0.3 is 0 Å². The molecule has 0 bridgehead atoms. The minimum Gasteiger partial charge on any atom is -0.382 e. The lowest BCUT2D eigenvalue weighted by Gasteiger charge is -2.06. The van der Waals surface area contributed by atoms with E-state index >= 15 is 0 Å². The summed E-state index contributed by atoms with van der Waals surface area (Å²) in [7, 11) is 3.30. The highest BCUT2D eigenvalue weighted by Crippen LogP contribution is 1.82. The maximum absolute atomic E-state index is 5.26. The second-order valence-electron chi connectivity index (χ2n) is 3.98. The van der Waals surface area contributed by atoms with Gasteiger partial charge < -0.3 is 23.7 Å². The van der Waals surface area contributed by atoms with E-state index in [1.165, 1.54) is 0 Å². The highest BCUT2D eigenvalue weighted by atomic mass is 16.6. The molecule has 0 fully saturated rings. The molecular weight excluding hydrogens is 272 g/mol. The maximum atomic E-state index is 5.26. The number of ether oxygens (including phenoxy) is 5. The van der Waals surface area contributed by atoms with Gasteiger partial charge in [-0.2, -0.15) is 0 Å². The first-order chi connectivity index (χ1) is 10.4. The van der Waals surface area contributed by atoms with Crippen LogP contribution >= 0.6 is 0 Å². The Kier molecular flexibility index (Phi) is 18.1. The van der Waals surface area contributed by atoms with E-state index in [4.69, 9.17) is 23.7 Å². The molecule has 1 aromatic rings. The zero-order valence-electron chi connectivity index (χ0n) is 13.2. The minimum atomic E-state index is 0.595. The molecule has 0 saturated carbocycles. The molecular formula is C16H28O5. The Bertz CT molecular complexity index is 230. The molecule has 21 heavy (non-hydrogen) atoms. The first-order valence-electron chi connectivity index (χ1n) is 7.13. The van der Waals surface area contributed by atoms with Gasteiger partial charge in [-0.05, 0) is 0 Å². The van der Waals surface area contributed by atoms with E-state index in [1.807, 2.05) is 36.4 Å². The first kappa shape index (κ1) is 20.0. The van der Waals surface area contributed by atoms with Crippen LogP contribution in [0.5, 0.6) is 0 Å². The Labute approximate surface area is 128 Å². The molecule has 0 spiro atoms. The standard InChI is InChI=1S/C10H22O5.C6H6/c1-11-3-5-13-7-9-15-10-8-14-6-4-12-2;1-2-4-6-5-3-1/h3-10H2,1-2H3;1-6H. The predicted molar refractivity (Wildman–Crippen MR) is 82.7 cm³/mol. The summed E-state index contributed by atoms with van der Waals surface area (Å²) >= 11 is 0. The van der Waals surface area contributed by atoms with Crippen LogP contribution in [0.2, 0.25) is 0 Å². The highest BCUT2D eigenvalue weighted by Gasteiger charge is 1.91. The van der Waals surface area contributed by atoms with Gasteiger partial charge in [-0.1, -0.05) is 36.4 Å². The van der Waals surface area contributed by atoms with Crippen LogP contribution < -0.4 is 0 Å². The zero-order chi connectivity index (χ0) is 15.4. The van der Waals surface area contributed by atoms with Gasteiger partial charge in [0.1, 0.15) is 0 Å². The van der Waals surface area contributed by atoms with Gasteiger partial charge in [0.15, 0.2) is 0 Å². The second kappa shape index (κ2) is 19.0. The predicted octanol–water partition coefficient (Wildman–Crippen LogP) is 2.02. The van der Waals surface area contributed by atoms with E-state index in [2.05, 4.69) is 0 Å². The molecule has 0 heterocycles. The summed E-state index contributed by atoms with van der Waals surface area (Å²) in [4.78, 5) is 0. The largest absolute Gasteiger partial charge is 0.382 e. The summed E-state index contributed by atoms with van der Waals surface area (Å²) in [6, 6.07) is 12.0. The van der Waals surface area contributed by atoms with Crippen molar-refractivity contribution in [2.24, 2.45) is 0 Å². The molecule has 0 aromatic heterocycles. The molecule has 1 rings (SSSR count). The van der Waals surface area contributed by atoms with Crippen LogP contribution in [0.4, 0.5) is 0 Å². The fraction of sp³-hybridized carbons (Fsp3) is 0.625. The van der Waals surface area contributed by atoms with Gasteiger partial charge in [-0.25, -0.2) is 0 Å². The number of rotatable bonds is 12. The van der Waals surface area contributed by atoms with E-state index < -0.39 is 0 Å². The Morgan fingerprint density at radius 2 is 0.667 bits per heavy atom. The van der Waals surface area contributed by atoms with Crippen molar-refractivity contribution in [2.75, 3.05) is 67.1 Å². The lowest BCUT2D eigenvalue weighted by atomic mass is 10.4. The Morgan fingerprint density at radius 3 is 0.905 bits per heavy atom. The molecule has 122 valence electrons. The van der Waals surface area contributed by atoms with Gasteiger partial charge in [0.05, 0.1) is 52.9 Å². The molecule has 5 heteroatoms. The van der Waals surface area contributed by atoms with Crippen LogP contribution in [0.3, 0.4) is 0 Å². The van der Waals surface area contributed by atoms with Gasteiger partial charge in [0, 0.05) is 14.2 Å². The topological polar surface area (TPSA) is 46.2 Å². The van der Waals surface area contributed by atoms with E-state index in [9.17, 15) is 0 Å². The van der Waals surface area contributed by atoms with Crippen LogP contribution in [0, 0.1) is 0 Å². The van der Waals surface area contributed by atoms with Crippen molar-refractivity contribution in [1.82, 2.24) is 0 Å². The molecule has 0 aliphatic rings. The van der Waals surface area contributed by atoms with Crippen LogP contribution in [0.15, 0.2) is 36.4 Å². The normalized spacial score (nSPS) is 10.0. The van der Waals surface area contributed by atoms with Crippen LogP contribution in [-0.4, -0.2) is 67.1 Å². The van der Waals surface area contributed by atoms with Gasteiger partial charge in [0.2, 0.25) is 0 Å². The molecule has 0 N–H and O–H groups in total. The molecule has 0 aliphatic heterocycles. The second-order valence-corrected chi connectivity index (χ2v) is 3.98. The third kappa shape index (κ3) is 19.0. The van der Waals surface area contributed by atoms with Crippen LogP contribution in [-0.2, 0) is 23.7 Å². The van der Waals surface area contributed by atoms with E-state index in [0.717, 1.165) is 0 Å². The fourth-order valence-electron chi connectivity index (χ4n) is 1.21. The van der Waals surface area contributed by atoms with Crippen molar-refractivity contribution in [3.05, 3.63) is 36.4 Å². The zero-order valence-corrected chi connectivity index (χ0v) is 13.2. The minimum absolute atomic E-state index is 0.595. The van der Waals surface area contributed by atoms with Crippen molar-refractivity contribution in [3.8, 4) is 0 Å². The summed E-state index contributed by atoms with van der Waals surface area (Å²) < 4.78 is 25.3. The monoisotopic (exact) mass is 300 g/mol. The number of methoxy groups -OCH3 is 2. The number of hydrogen-bond donors (Lipinski definition) is 0. The lowest BCUT2D eigenvalue weighted by Crippen LogP contribution is -2.12. The number of benzene rings is 1. The average molecular weight is 300 g/mol. The van der Waals surface area contributed by atoms with E-state index in [0.29, 0.717) is 52.9 Å². The molecule has 0 atom stereocenters. The highest BCUT2D eigenvalue weighted by molar-refractivity contribution is 4.99. The van der Waals surface area contributed by atoms with Crippen molar-refractivity contribution in [1.29, 1.82) is 0 Å². The van der Waals surface area contributed by atoms with Gasteiger partial charge in [-0.15, -0.1) is 0 Å².